The predicted molar refractivity (Wildman–Crippen MR) is 112 cm³/mol. The fraction of sp³-hybridized carbons (Fsp3) is 0.350. The monoisotopic (exact) mass is 453 g/mol. The number of hydrogen-bond donors (Lipinski definition) is 2. The molecule has 2 unspecified atom stereocenters. The van der Waals surface area contributed by atoms with Crippen LogP contribution in [0.2, 0.25) is 0 Å². The number of hydrogen-bond acceptors (Lipinski definition) is 1. The minimum atomic E-state index is -0.193. The molecule has 0 saturated heterocycles. The van der Waals surface area contributed by atoms with Crippen molar-refractivity contribution < 1.29 is 4.39 Å². The molecule has 0 aromatic heterocycles. The first-order valence-corrected chi connectivity index (χ1v) is 8.50. The Kier molecular flexibility index (Phi) is 7.68. The van der Waals surface area contributed by atoms with Crippen LogP contribution in [-0.4, -0.2) is 26.1 Å². The maximum Gasteiger partial charge on any atom is 0.190 e. The Labute approximate surface area is 166 Å². The summed E-state index contributed by atoms with van der Waals surface area (Å²) in [5, 5.41) is 6.72. The Morgan fingerprint density at radius 3 is 2.48 bits per heavy atom. The van der Waals surface area contributed by atoms with Crippen molar-refractivity contribution in [3.05, 3.63) is 71.5 Å². The van der Waals surface area contributed by atoms with Crippen molar-refractivity contribution in [2.45, 2.75) is 18.8 Å². The summed E-state index contributed by atoms with van der Waals surface area (Å²) in [6, 6.07) is 17.3. The second-order valence-corrected chi connectivity index (χ2v) is 6.27. The Balaban J connectivity index is 0.00000225. The Morgan fingerprint density at radius 1 is 1.08 bits per heavy atom. The maximum atomic E-state index is 12.9. The highest BCUT2D eigenvalue weighted by Crippen LogP contribution is 2.46. The van der Waals surface area contributed by atoms with E-state index in [4.69, 9.17) is 0 Å². The van der Waals surface area contributed by atoms with E-state index in [1.54, 1.807) is 7.05 Å². The SMILES string of the molecule is CN=C(NCCc1ccc(F)cc1)NCC1CC1c1ccccc1.I. The van der Waals surface area contributed by atoms with Crippen molar-refractivity contribution in [3.63, 3.8) is 0 Å². The Morgan fingerprint density at radius 2 is 1.80 bits per heavy atom. The van der Waals surface area contributed by atoms with E-state index in [2.05, 4.69) is 46.0 Å². The van der Waals surface area contributed by atoms with Gasteiger partial charge in [-0.05, 0) is 47.9 Å². The number of rotatable bonds is 6. The summed E-state index contributed by atoms with van der Waals surface area (Å²) in [6.45, 7) is 1.72. The molecule has 0 bridgehead atoms. The van der Waals surface area contributed by atoms with Crippen molar-refractivity contribution in [2.24, 2.45) is 10.9 Å². The molecular formula is C20H25FIN3. The highest BCUT2D eigenvalue weighted by molar-refractivity contribution is 14.0. The van der Waals surface area contributed by atoms with Gasteiger partial charge < -0.3 is 10.6 Å². The molecule has 2 atom stereocenters. The van der Waals surface area contributed by atoms with Gasteiger partial charge in [-0.2, -0.15) is 0 Å². The van der Waals surface area contributed by atoms with Gasteiger partial charge in [0.1, 0.15) is 5.82 Å². The van der Waals surface area contributed by atoms with Crippen molar-refractivity contribution in [3.8, 4) is 0 Å². The van der Waals surface area contributed by atoms with Crippen LogP contribution in [0.25, 0.3) is 0 Å². The second-order valence-electron chi connectivity index (χ2n) is 6.27. The van der Waals surface area contributed by atoms with Gasteiger partial charge in [-0.3, -0.25) is 4.99 Å². The standard InChI is InChI=1S/C20H24FN3.HI/c1-22-20(23-12-11-15-7-9-18(21)10-8-15)24-14-17-13-19(17)16-5-3-2-4-6-16;/h2-10,17,19H,11-14H2,1H3,(H2,22,23,24);1H. The van der Waals surface area contributed by atoms with Crippen LogP contribution in [0.1, 0.15) is 23.5 Å². The van der Waals surface area contributed by atoms with Crippen LogP contribution in [0.3, 0.4) is 0 Å². The molecule has 1 fully saturated rings. The van der Waals surface area contributed by atoms with Gasteiger partial charge in [-0.25, -0.2) is 4.39 Å². The van der Waals surface area contributed by atoms with Crippen LogP contribution < -0.4 is 10.6 Å². The molecule has 0 amide bonds. The van der Waals surface area contributed by atoms with E-state index in [0.29, 0.717) is 11.8 Å². The van der Waals surface area contributed by atoms with Gasteiger partial charge >= 0.3 is 0 Å². The fourth-order valence-electron chi connectivity index (χ4n) is 3.01. The van der Waals surface area contributed by atoms with E-state index in [0.717, 1.165) is 31.0 Å². The molecule has 2 aromatic rings. The summed E-state index contributed by atoms with van der Waals surface area (Å²) < 4.78 is 12.9. The Bertz CT molecular complexity index is 673. The molecule has 3 nitrogen and oxygen atoms in total. The van der Waals surface area contributed by atoms with Gasteiger partial charge in [0.2, 0.25) is 0 Å². The third kappa shape index (κ3) is 5.99. The molecule has 5 heteroatoms. The molecular weight excluding hydrogens is 428 g/mol. The van der Waals surface area contributed by atoms with Gasteiger partial charge in [0, 0.05) is 20.1 Å². The normalized spacial score (nSPS) is 19.0. The quantitative estimate of drug-likeness (QED) is 0.395. The molecule has 3 rings (SSSR count). The van der Waals surface area contributed by atoms with Crippen LogP contribution in [-0.2, 0) is 6.42 Å². The lowest BCUT2D eigenvalue weighted by Crippen LogP contribution is -2.39. The van der Waals surface area contributed by atoms with Crippen LogP contribution >= 0.6 is 24.0 Å². The zero-order chi connectivity index (χ0) is 16.8. The number of nitrogens with one attached hydrogen (secondary N) is 2. The predicted octanol–water partition coefficient (Wildman–Crippen LogP) is 3.95. The largest absolute Gasteiger partial charge is 0.356 e. The second kappa shape index (κ2) is 9.75. The molecule has 0 radical (unpaired) electrons. The number of guanidine groups is 1. The summed E-state index contributed by atoms with van der Waals surface area (Å²) in [5.41, 5.74) is 2.55. The lowest BCUT2D eigenvalue weighted by Gasteiger charge is -2.12. The topological polar surface area (TPSA) is 36.4 Å². The van der Waals surface area contributed by atoms with Crippen LogP contribution in [0.15, 0.2) is 59.6 Å². The summed E-state index contributed by atoms with van der Waals surface area (Å²) in [4.78, 5) is 4.27. The smallest absolute Gasteiger partial charge is 0.190 e. The van der Waals surface area contributed by atoms with E-state index in [9.17, 15) is 4.39 Å². The highest BCUT2D eigenvalue weighted by Gasteiger charge is 2.37. The lowest BCUT2D eigenvalue weighted by atomic mass is 10.1. The molecule has 0 heterocycles. The molecule has 1 aliphatic carbocycles. The number of benzene rings is 2. The van der Waals surface area contributed by atoms with Gasteiger partial charge in [-0.1, -0.05) is 42.5 Å². The average molecular weight is 453 g/mol. The summed E-state index contributed by atoms with van der Waals surface area (Å²) in [5.74, 6) is 2.00. The summed E-state index contributed by atoms with van der Waals surface area (Å²) in [6.07, 6.45) is 2.08. The molecule has 0 spiro atoms. The average Bonchev–Trinajstić information content (AvgIpc) is 3.40. The maximum absolute atomic E-state index is 12.9. The minimum absolute atomic E-state index is 0. The van der Waals surface area contributed by atoms with Gasteiger partial charge in [0.05, 0.1) is 0 Å². The highest BCUT2D eigenvalue weighted by atomic mass is 127. The molecule has 1 saturated carbocycles. The van der Waals surface area contributed by atoms with Crippen molar-refractivity contribution >= 4 is 29.9 Å². The first-order chi connectivity index (χ1) is 11.8. The number of aliphatic imine (C=N–C) groups is 1. The molecule has 1 aliphatic rings. The molecule has 2 N–H and O–H groups in total. The van der Waals surface area contributed by atoms with E-state index >= 15 is 0 Å². The van der Waals surface area contributed by atoms with E-state index in [1.807, 2.05) is 12.1 Å². The zero-order valence-corrected chi connectivity index (χ0v) is 16.7. The molecule has 25 heavy (non-hydrogen) atoms. The van der Waals surface area contributed by atoms with Crippen molar-refractivity contribution in [1.82, 2.24) is 10.6 Å². The molecule has 0 aliphatic heterocycles. The van der Waals surface area contributed by atoms with E-state index in [-0.39, 0.29) is 29.8 Å². The fourth-order valence-corrected chi connectivity index (χ4v) is 3.01. The van der Waals surface area contributed by atoms with Gasteiger partial charge in [0.15, 0.2) is 5.96 Å². The van der Waals surface area contributed by atoms with E-state index < -0.39 is 0 Å². The lowest BCUT2D eigenvalue weighted by molar-refractivity contribution is 0.626. The third-order valence-corrected chi connectivity index (χ3v) is 4.52. The number of nitrogens with zero attached hydrogens (tertiary/aromatic N) is 1. The molecule has 134 valence electrons. The van der Waals surface area contributed by atoms with Gasteiger partial charge in [-0.15, -0.1) is 24.0 Å². The first-order valence-electron chi connectivity index (χ1n) is 8.50. The van der Waals surface area contributed by atoms with Crippen molar-refractivity contribution in [1.29, 1.82) is 0 Å². The van der Waals surface area contributed by atoms with Crippen LogP contribution in [0.5, 0.6) is 0 Å². The summed E-state index contributed by atoms with van der Waals surface area (Å²) >= 11 is 0. The molecule has 2 aromatic carbocycles. The van der Waals surface area contributed by atoms with E-state index in [1.165, 1.54) is 24.1 Å². The number of halogens is 2. The van der Waals surface area contributed by atoms with Crippen molar-refractivity contribution in [2.75, 3.05) is 20.1 Å². The zero-order valence-electron chi connectivity index (χ0n) is 14.4. The Hall–Kier alpha value is -1.63. The summed E-state index contributed by atoms with van der Waals surface area (Å²) in [7, 11) is 1.79. The minimum Gasteiger partial charge on any atom is -0.356 e. The first kappa shape index (κ1) is 19.7. The van der Waals surface area contributed by atoms with Crippen LogP contribution in [0, 0.1) is 11.7 Å². The van der Waals surface area contributed by atoms with Gasteiger partial charge in [0.25, 0.3) is 0 Å². The third-order valence-electron chi connectivity index (χ3n) is 4.52. The van der Waals surface area contributed by atoms with Crippen LogP contribution in [0.4, 0.5) is 4.39 Å².